The molecule has 0 amide bonds. The van der Waals surface area contributed by atoms with Gasteiger partial charge in [0.2, 0.25) is 0 Å². The summed E-state index contributed by atoms with van der Waals surface area (Å²) in [6.07, 6.45) is 3.75. The second kappa shape index (κ2) is 7.25. The number of aromatic nitrogens is 1. The Morgan fingerprint density at radius 3 is 2.76 bits per heavy atom. The summed E-state index contributed by atoms with van der Waals surface area (Å²) in [4.78, 5) is 5.47. The van der Waals surface area contributed by atoms with Gasteiger partial charge in [-0.1, -0.05) is 30.3 Å². The van der Waals surface area contributed by atoms with Crippen LogP contribution in [0.5, 0.6) is 0 Å². The maximum Gasteiger partial charge on any atom is 0.0346 e. The van der Waals surface area contributed by atoms with Crippen LogP contribution >= 0.6 is 11.8 Å². The summed E-state index contributed by atoms with van der Waals surface area (Å²) in [6, 6.07) is 19.1. The van der Waals surface area contributed by atoms with Crippen molar-refractivity contribution in [3.63, 3.8) is 0 Å². The van der Waals surface area contributed by atoms with Crippen molar-refractivity contribution in [1.82, 2.24) is 10.3 Å². The molecule has 0 aliphatic carbocycles. The smallest absolute Gasteiger partial charge is 0.0346 e. The molecule has 21 heavy (non-hydrogen) atoms. The zero-order valence-corrected chi connectivity index (χ0v) is 12.6. The first-order valence-corrected chi connectivity index (χ1v) is 8.11. The average molecular weight is 294 g/mol. The highest BCUT2D eigenvalue weighted by atomic mass is 32.2. The van der Waals surface area contributed by atoms with Crippen molar-refractivity contribution in [3.05, 3.63) is 72.6 Å². The normalized spacial score (nSPS) is 10.9. The van der Waals surface area contributed by atoms with Crippen LogP contribution < -0.4 is 5.32 Å². The van der Waals surface area contributed by atoms with Gasteiger partial charge in [0.1, 0.15) is 0 Å². The zero-order chi connectivity index (χ0) is 14.3. The van der Waals surface area contributed by atoms with Crippen LogP contribution in [0.4, 0.5) is 0 Å². The second-order valence-corrected chi connectivity index (χ2v) is 6.06. The van der Waals surface area contributed by atoms with Crippen LogP contribution in [-0.4, -0.2) is 17.3 Å². The molecule has 0 aliphatic heterocycles. The lowest BCUT2D eigenvalue weighted by atomic mass is 10.1. The Morgan fingerprint density at radius 2 is 1.86 bits per heavy atom. The van der Waals surface area contributed by atoms with E-state index in [9.17, 15) is 0 Å². The summed E-state index contributed by atoms with van der Waals surface area (Å²) in [5.41, 5.74) is 1.32. The van der Waals surface area contributed by atoms with Crippen LogP contribution in [0.15, 0.2) is 71.9 Å². The molecule has 0 radical (unpaired) electrons. The number of rotatable bonds is 6. The molecule has 0 aliphatic rings. The zero-order valence-electron chi connectivity index (χ0n) is 11.8. The van der Waals surface area contributed by atoms with Gasteiger partial charge in [0.25, 0.3) is 0 Å². The van der Waals surface area contributed by atoms with Gasteiger partial charge in [-0.3, -0.25) is 4.98 Å². The Balaban J connectivity index is 1.46. The molecular formula is C18H18N2S. The van der Waals surface area contributed by atoms with Gasteiger partial charge >= 0.3 is 0 Å². The summed E-state index contributed by atoms with van der Waals surface area (Å²) in [7, 11) is 0. The van der Waals surface area contributed by atoms with Crippen LogP contribution in [0.25, 0.3) is 10.8 Å². The summed E-state index contributed by atoms with van der Waals surface area (Å²) in [6.45, 7) is 1.92. The Bertz CT molecular complexity index is 698. The molecule has 3 rings (SSSR count). The highest BCUT2D eigenvalue weighted by Gasteiger charge is 1.97. The molecule has 1 aromatic heterocycles. The molecule has 0 saturated carbocycles. The number of thioether (sulfide) groups is 1. The van der Waals surface area contributed by atoms with Crippen molar-refractivity contribution in [2.24, 2.45) is 0 Å². The maximum atomic E-state index is 4.14. The van der Waals surface area contributed by atoms with Crippen LogP contribution in [0.2, 0.25) is 0 Å². The largest absolute Gasteiger partial charge is 0.312 e. The minimum atomic E-state index is 0.910. The van der Waals surface area contributed by atoms with E-state index < -0.39 is 0 Å². The standard InChI is InChI=1S/C18H18N2S/c1-2-4-18(5-3-1)21-11-10-20-13-15-6-7-17-14-19-9-8-16(17)12-15/h1-9,12,14,20H,10-11,13H2. The molecule has 0 fully saturated rings. The van der Waals surface area contributed by atoms with E-state index in [4.69, 9.17) is 0 Å². The monoisotopic (exact) mass is 294 g/mol. The van der Waals surface area contributed by atoms with Crippen molar-refractivity contribution < 1.29 is 0 Å². The summed E-state index contributed by atoms with van der Waals surface area (Å²) < 4.78 is 0. The van der Waals surface area contributed by atoms with E-state index in [2.05, 4.69) is 64.9 Å². The minimum Gasteiger partial charge on any atom is -0.312 e. The highest BCUT2D eigenvalue weighted by Crippen LogP contribution is 2.16. The fourth-order valence-electron chi connectivity index (χ4n) is 2.23. The van der Waals surface area contributed by atoms with Crippen LogP contribution in [0.3, 0.4) is 0 Å². The molecular weight excluding hydrogens is 276 g/mol. The van der Waals surface area contributed by atoms with Crippen LogP contribution in [0, 0.1) is 0 Å². The Labute approximate surface area is 129 Å². The molecule has 3 heteroatoms. The minimum absolute atomic E-state index is 0.910. The number of nitrogens with one attached hydrogen (secondary N) is 1. The lowest BCUT2D eigenvalue weighted by Gasteiger charge is -2.06. The van der Waals surface area contributed by atoms with Gasteiger partial charge in [0.05, 0.1) is 0 Å². The molecule has 1 heterocycles. The molecule has 106 valence electrons. The number of fused-ring (bicyclic) bond motifs is 1. The summed E-state index contributed by atoms with van der Waals surface area (Å²) >= 11 is 1.89. The van der Waals surface area contributed by atoms with E-state index in [1.807, 2.05) is 24.2 Å². The fraction of sp³-hybridized carbons (Fsp3) is 0.167. The highest BCUT2D eigenvalue weighted by molar-refractivity contribution is 7.99. The predicted molar refractivity (Wildman–Crippen MR) is 90.6 cm³/mol. The first kappa shape index (κ1) is 14.1. The molecule has 3 aromatic rings. The molecule has 0 spiro atoms. The third-order valence-electron chi connectivity index (χ3n) is 3.32. The quantitative estimate of drug-likeness (QED) is 0.547. The second-order valence-electron chi connectivity index (χ2n) is 4.90. The Kier molecular flexibility index (Phi) is 4.87. The summed E-state index contributed by atoms with van der Waals surface area (Å²) in [5, 5.41) is 5.95. The fourth-order valence-corrected chi connectivity index (χ4v) is 3.06. The third kappa shape index (κ3) is 4.06. The van der Waals surface area contributed by atoms with Gasteiger partial charge in [0.15, 0.2) is 0 Å². The Morgan fingerprint density at radius 1 is 0.952 bits per heavy atom. The SMILES string of the molecule is c1ccc(SCCNCc2ccc3cnccc3c2)cc1. The summed E-state index contributed by atoms with van der Waals surface area (Å²) in [5.74, 6) is 1.08. The molecule has 2 nitrogen and oxygen atoms in total. The van der Waals surface area contributed by atoms with Crippen molar-refractivity contribution in [3.8, 4) is 0 Å². The topological polar surface area (TPSA) is 24.9 Å². The van der Waals surface area contributed by atoms with Gasteiger partial charge < -0.3 is 5.32 Å². The number of benzene rings is 2. The van der Waals surface area contributed by atoms with Crippen LogP contribution in [0.1, 0.15) is 5.56 Å². The van der Waals surface area contributed by atoms with E-state index >= 15 is 0 Å². The van der Waals surface area contributed by atoms with Gasteiger partial charge in [-0.25, -0.2) is 0 Å². The first-order valence-electron chi connectivity index (χ1n) is 7.13. The lowest BCUT2D eigenvalue weighted by Crippen LogP contribution is -2.16. The third-order valence-corrected chi connectivity index (χ3v) is 4.34. The van der Waals surface area contributed by atoms with Gasteiger partial charge in [-0.2, -0.15) is 0 Å². The lowest BCUT2D eigenvalue weighted by molar-refractivity contribution is 0.733. The van der Waals surface area contributed by atoms with Crippen LogP contribution in [-0.2, 0) is 6.54 Å². The predicted octanol–water partition coefficient (Wildman–Crippen LogP) is 4.12. The van der Waals surface area contributed by atoms with Crippen molar-refractivity contribution in [2.75, 3.05) is 12.3 Å². The first-order chi connectivity index (χ1) is 10.4. The van der Waals surface area contributed by atoms with Gasteiger partial charge in [-0.05, 0) is 35.2 Å². The van der Waals surface area contributed by atoms with Gasteiger partial charge in [0, 0.05) is 41.5 Å². The van der Waals surface area contributed by atoms with E-state index in [1.54, 1.807) is 0 Å². The van der Waals surface area contributed by atoms with Crippen molar-refractivity contribution in [1.29, 1.82) is 0 Å². The molecule has 0 unspecified atom stereocenters. The molecule has 0 atom stereocenters. The van der Waals surface area contributed by atoms with E-state index in [1.165, 1.54) is 21.2 Å². The van der Waals surface area contributed by atoms with Crippen molar-refractivity contribution in [2.45, 2.75) is 11.4 Å². The maximum absolute atomic E-state index is 4.14. The number of hydrogen-bond donors (Lipinski definition) is 1. The van der Waals surface area contributed by atoms with E-state index in [0.717, 1.165) is 18.8 Å². The molecule has 1 N–H and O–H groups in total. The number of nitrogens with zero attached hydrogens (tertiary/aromatic N) is 1. The van der Waals surface area contributed by atoms with E-state index in [-0.39, 0.29) is 0 Å². The van der Waals surface area contributed by atoms with Gasteiger partial charge in [-0.15, -0.1) is 11.8 Å². The Hall–Kier alpha value is -1.84. The number of pyridine rings is 1. The van der Waals surface area contributed by atoms with E-state index in [0.29, 0.717) is 0 Å². The molecule has 2 aromatic carbocycles. The number of hydrogen-bond acceptors (Lipinski definition) is 3. The average Bonchev–Trinajstić information content (AvgIpc) is 2.55. The van der Waals surface area contributed by atoms with Crippen molar-refractivity contribution >= 4 is 22.5 Å². The molecule has 0 bridgehead atoms. The molecule has 0 saturated heterocycles.